The Labute approximate surface area is 149 Å². The lowest BCUT2D eigenvalue weighted by atomic mass is 9.73. The Bertz CT molecular complexity index is 758. The van der Waals surface area contributed by atoms with Crippen LogP contribution in [-0.2, 0) is 25.7 Å². The summed E-state index contributed by atoms with van der Waals surface area (Å²) in [5.74, 6) is 0.149. The van der Waals surface area contributed by atoms with Gasteiger partial charge in [0.15, 0.2) is 0 Å². The first-order valence-electron chi connectivity index (χ1n) is 9.72. The molecule has 0 bridgehead atoms. The Hall–Kier alpha value is -1.70. The molecule has 2 aromatic carbocycles. The standard InChI is InChI=1S/C23H26F2/c1-2-3-15-4-8-22-17(10-15)5-6-18-11-16(7-9-23(18)22)19-12-20(24)14-21(25)13-19/h5-6,12-16H,2-4,7-11H2,1H3. The van der Waals surface area contributed by atoms with Crippen molar-refractivity contribution in [3.63, 3.8) is 0 Å². The monoisotopic (exact) mass is 340 g/mol. The van der Waals surface area contributed by atoms with Gasteiger partial charge in [0.1, 0.15) is 11.6 Å². The number of benzene rings is 2. The lowest BCUT2D eigenvalue weighted by Gasteiger charge is -2.32. The average Bonchev–Trinajstić information content (AvgIpc) is 2.60. The topological polar surface area (TPSA) is 0 Å². The van der Waals surface area contributed by atoms with Gasteiger partial charge in [0.05, 0.1) is 0 Å². The normalized spacial score (nSPS) is 22.4. The van der Waals surface area contributed by atoms with E-state index >= 15 is 0 Å². The summed E-state index contributed by atoms with van der Waals surface area (Å²) in [6, 6.07) is 8.58. The summed E-state index contributed by atoms with van der Waals surface area (Å²) in [5, 5.41) is 0. The molecular formula is C23H26F2. The molecule has 0 saturated heterocycles. The molecule has 2 heteroatoms. The molecule has 0 amide bonds. The van der Waals surface area contributed by atoms with Crippen molar-refractivity contribution in [2.45, 2.75) is 64.2 Å². The Morgan fingerprint density at radius 2 is 1.52 bits per heavy atom. The van der Waals surface area contributed by atoms with E-state index in [1.165, 1.54) is 49.8 Å². The Kier molecular flexibility index (Phi) is 4.62. The van der Waals surface area contributed by atoms with E-state index in [1.54, 1.807) is 16.7 Å². The smallest absolute Gasteiger partial charge is 0.126 e. The molecule has 132 valence electrons. The number of rotatable bonds is 3. The van der Waals surface area contributed by atoms with Crippen LogP contribution in [0.25, 0.3) is 0 Å². The fraction of sp³-hybridized carbons (Fsp3) is 0.478. The van der Waals surface area contributed by atoms with Gasteiger partial charge in [0.25, 0.3) is 0 Å². The second-order valence-electron chi connectivity index (χ2n) is 7.88. The van der Waals surface area contributed by atoms with Crippen LogP contribution in [0, 0.1) is 17.6 Å². The van der Waals surface area contributed by atoms with Crippen molar-refractivity contribution in [1.29, 1.82) is 0 Å². The number of fused-ring (bicyclic) bond motifs is 3. The van der Waals surface area contributed by atoms with Gasteiger partial charge in [0.2, 0.25) is 0 Å². The van der Waals surface area contributed by atoms with Crippen molar-refractivity contribution < 1.29 is 8.78 Å². The Morgan fingerprint density at radius 3 is 2.20 bits per heavy atom. The largest absolute Gasteiger partial charge is 0.207 e. The highest BCUT2D eigenvalue weighted by Gasteiger charge is 2.27. The Balaban J connectivity index is 1.59. The van der Waals surface area contributed by atoms with Crippen LogP contribution in [0.1, 0.15) is 66.3 Å². The summed E-state index contributed by atoms with van der Waals surface area (Å²) in [6.07, 6.45) is 9.31. The van der Waals surface area contributed by atoms with Crippen molar-refractivity contribution in [3.8, 4) is 0 Å². The summed E-state index contributed by atoms with van der Waals surface area (Å²) in [6.45, 7) is 2.28. The molecule has 2 aliphatic rings. The molecule has 25 heavy (non-hydrogen) atoms. The molecule has 0 N–H and O–H groups in total. The number of halogens is 2. The van der Waals surface area contributed by atoms with Crippen LogP contribution in [0.2, 0.25) is 0 Å². The predicted molar refractivity (Wildman–Crippen MR) is 98.0 cm³/mol. The molecule has 2 unspecified atom stereocenters. The van der Waals surface area contributed by atoms with Crippen molar-refractivity contribution in [3.05, 3.63) is 69.8 Å². The van der Waals surface area contributed by atoms with Crippen molar-refractivity contribution in [1.82, 2.24) is 0 Å². The summed E-state index contributed by atoms with van der Waals surface area (Å²) >= 11 is 0. The third-order valence-corrected chi connectivity index (χ3v) is 6.20. The molecule has 0 nitrogen and oxygen atoms in total. The van der Waals surface area contributed by atoms with E-state index in [2.05, 4.69) is 19.1 Å². The first-order valence-corrected chi connectivity index (χ1v) is 9.72. The van der Waals surface area contributed by atoms with Gasteiger partial charge < -0.3 is 0 Å². The number of hydrogen-bond donors (Lipinski definition) is 0. The van der Waals surface area contributed by atoms with Crippen LogP contribution < -0.4 is 0 Å². The zero-order valence-electron chi connectivity index (χ0n) is 15.0. The van der Waals surface area contributed by atoms with Gasteiger partial charge in [-0.15, -0.1) is 0 Å². The van der Waals surface area contributed by atoms with E-state index in [1.807, 2.05) is 0 Å². The third kappa shape index (κ3) is 3.36. The molecule has 0 saturated carbocycles. The van der Waals surface area contributed by atoms with E-state index in [4.69, 9.17) is 0 Å². The first kappa shape index (κ1) is 16.8. The van der Waals surface area contributed by atoms with Crippen molar-refractivity contribution in [2.75, 3.05) is 0 Å². The summed E-state index contributed by atoms with van der Waals surface area (Å²) in [7, 11) is 0. The summed E-state index contributed by atoms with van der Waals surface area (Å²) in [4.78, 5) is 0. The summed E-state index contributed by atoms with van der Waals surface area (Å²) < 4.78 is 27.1. The zero-order chi connectivity index (χ0) is 17.4. The molecule has 2 atom stereocenters. The first-order chi connectivity index (χ1) is 12.1. The van der Waals surface area contributed by atoms with E-state index in [0.29, 0.717) is 0 Å². The maximum Gasteiger partial charge on any atom is 0.126 e. The van der Waals surface area contributed by atoms with Gasteiger partial charge in [0, 0.05) is 6.07 Å². The molecule has 2 aromatic rings. The minimum absolute atomic E-state index is 0.229. The highest BCUT2D eigenvalue weighted by Crippen LogP contribution is 2.39. The SMILES string of the molecule is CCCC1CCc2c(ccc3c2CCC(c2cc(F)cc(F)c2)C3)C1. The summed E-state index contributed by atoms with van der Waals surface area (Å²) in [5.41, 5.74) is 6.89. The van der Waals surface area contributed by atoms with Crippen LogP contribution in [0.4, 0.5) is 8.78 Å². The van der Waals surface area contributed by atoms with Gasteiger partial charge in [-0.3, -0.25) is 0 Å². The van der Waals surface area contributed by atoms with Crippen LogP contribution in [-0.4, -0.2) is 0 Å². The van der Waals surface area contributed by atoms with Gasteiger partial charge >= 0.3 is 0 Å². The molecule has 0 aliphatic heterocycles. The van der Waals surface area contributed by atoms with E-state index < -0.39 is 11.6 Å². The van der Waals surface area contributed by atoms with E-state index in [-0.39, 0.29) is 5.92 Å². The molecule has 0 aromatic heterocycles. The molecule has 0 spiro atoms. The fourth-order valence-corrected chi connectivity index (χ4v) is 4.99. The zero-order valence-corrected chi connectivity index (χ0v) is 15.0. The molecule has 0 fully saturated rings. The molecule has 0 heterocycles. The lowest BCUT2D eigenvalue weighted by Crippen LogP contribution is -2.20. The lowest BCUT2D eigenvalue weighted by molar-refractivity contribution is 0.419. The minimum atomic E-state index is -0.465. The van der Waals surface area contributed by atoms with Gasteiger partial charge in [-0.2, -0.15) is 0 Å². The van der Waals surface area contributed by atoms with Crippen molar-refractivity contribution >= 4 is 0 Å². The van der Waals surface area contributed by atoms with Crippen LogP contribution in [0.15, 0.2) is 30.3 Å². The fourth-order valence-electron chi connectivity index (χ4n) is 4.99. The van der Waals surface area contributed by atoms with E-state index in [9.17, 15) is 8.78 Å². The molecule has 4 rings (SSSR count). The predicted octanol–water partition coefficient (Wildman–Crippen LogP) is 6.14. The third-order valence-electron chi connectivity index (χ3n) is 6.20. The molecule has 2 aliphatic carbocycles. The van der Waals surface area contributed by atoms with Crippen molar-refractivity contribution in [2.24, 2.45) is 5.92 Å². The maximum absolute atomic E-state index is 13.6. The minimum Gasteiger partial charge on any atom is -0.207 e. The molecule has 0 radical (unpaired) electrons. The van der Waals surface area contributed by atoms with Gasteiger partial charge in [-0.05, 0) is 90.3 Å². The molecular weight excluding hydrogens is 314 g/mol. The van der Waals surface area contributed by atoms with Gasteiger partial charge in [-0.25, -0.2) is 8.78 Å². The number of hydrogen-bond acceptors (Lipinski definition) is 0. The second-order valence-corrected chi connectivity index (χ2v) is 7.88. The second kappa shape index (κ2) is 6.90. The maximum atomic E-state index is 13.6. The van der Waals surface area contributed by atoms with Crippen LogP contribution in [0.5, 0.6) is 0 Å². The Morgan fingerprint density at radius 1 is 0.880 bits per heavy atom. The van der Waals surface area contributed by atoms with Gasteiger partial charge in [-0.1, -0.05) is 31.9 Å². The van der Waals surface area contributed by atoms with Crippen LogP contribution in [0.3, 0.4) is 0 Å². The quantitative estimate of drug-likeness (QED) is 0.629. The highest BCUT2D eigenvalue weighted by molar-refractivity contribution is 5.45. The van der Waals surface area contributed by atoms with Crippen LogP contribution >= 0.6 is 0 Å². The average molecular weight is 340 g/mol. The highest BCUT2D eigenvalue weighted by atomic mass is 19.1. The van der Waals surface area contributed by atoms with E-state index in [0.717, 1.165) is 36.8 Å².